The summed E-state index contributed by atoms with van der Waals surface area (Å²) in [5, 5.41) is 24.1. The molecule has 6 N–H and O–H groups in total. The molecule has 10 heteroatoms. The lowest BCUT2D eigenvalue weighted by atomic mass is 10.0. The fourth-order valence-corrected chi connectivity index (χ4v) is 7.92. The number of phosphoric acid groups is 1. The van der Waals surface area contributed by atoms with Crippen molar-refractivity contribution in [3.05, 3.63) is 48.6 Å². The summed E-state index contributed by atoms with van der Waals surface area (Å²) in [5.41, 5.74) is 5.37. The van der Waals surface area contributed by atoms with Crippen molar-refractivity contribution in [1.29, 1.82) is 0 Å². The molecule has 0 aliphatic heterocycles. The Morgan fingerprint density at radius 1 is 0.583 bits per heavy atom. The third-order valence-electron chi connectivity index (χ3n) is 10.9. The molecule has 0 rings (SSSR count). The molecule has 0 aromatic rings. The van der Waals surface area contributed by atoms with Crippen molar-refractivity contribution >= 4 is 13.7 Å². The molecule has 0 saturated heterocycles. The van der Waals surface area contributed by atoms with Gasteiger partial charge in [-0.1, -0.05) is 204 Å². The first-order valence-electron chi connectivity index (χ1n) is 24.8. The van der Waals surface area contributed by atoms with Crippen LogP contribution in [-0.2, 0) is 18.4 Å². The van der Waals surface area contributed by atoms with Gasteiger partial charge in [0.25, 0.3) is 0 Å². The maximum atomic E-state index is 12.9. The van der Waals surface area contributed by atoms with E-state index in [1.807, 2.05) is 6.08 Å². The number of hydrogen-bond donors (Lipinski definition) is 5. The minimum atomic E-state index is -4.42. The van der Waals surface area contributed by atoms with Crippen LogP contribution in [0.1, 0.15) is 226 Å². The zero-order chi connectivity index (χ0) is 44.0. The molecule has 9 nitrogen and oxygen atoms in total. The number of allylic oxidation sites excluding steroid dienone is 7. The molecule has 0 bridgehead atoms. The topological polar surface area (TPSA) is 151 Å². The number of aliphatic hydroxyl groups is 2. The number of carbonyl (C=O) groups excluding carboxylic acids is 1. The van der Waals surface area contributed by atoms with Crippen molar-refractivity contribution in [3.8, 4) is 0 Å². The zero-order valence-corrected chi connectivity index (χ0v) is 39.7. The highest BCUT2D eigenvalue weighted by atomic mass is 31.2. The molecule has 60 heavy (non-hydrogen) atoms. The van der Waals surface area contributed by atoms with Gasteiger partial charge in [-0.3, -0.25) is 13.8 Å². The third kappa shape index (κ3) is 43.1. The molecular weight excluding hydrogens is 772 g/mol. The number of hydrogen-bond acceptors (Lipinski definition) is 7. The molecule has 0 fully saturated rings. The lowest BCUT2D eigenvalue weighted by molar-refractivity contribution is -0.124. The van der Waals surface area contributed by atoms with Gasteiger partial charge in [-0.25, -0.2) is 4.57 Å². The average Bonchev–Trinajstić information content (AvgIpc) is 3.23. The lowest BCUT2D eigenvalue weighted by Gasteiger charge is -2.24. The van der Waals surface area contributed by atoms with E-state index < -0.39 is 38.6 Å². The van der Waals surface area contributed by atoms with Crippen molar-refractivity contribution in [2.75, 3.05) is 19.8 Å². The summed E-state index contributed by atoms with van der Waals surface area (Å²) in [4.78, 5) is 22.8. The molecule has 1 amide bonds. The number of amides is 1. The molecule has 4 atom stereocenters. The van der Waals surface area contributed by atoms with E-state index in [2.05, 4.69) is 55.6 Å². The van der Waals surface area contributed by atoms with E-state index >= 15 is 0 Å². The predicted molar refractivity (Wildman–Crippen MR) is 255 cm³/mol. The van der Waals surface area contributed by atoms with E-state index in [1.165, 1.54) is 135 Å². The number of phosphoric ester groups is 1. The average molecular weight is 867 g/mol. The van der Waals surface area contributed by atoms with Gasteiger partial charge in [-0.15, -0.1) is 0 Å². The Bertz CT molecular complexity index is 1100. The summed E-state index contributed by atoms with van der Waals surface area (Å²) in [6.07, 6.45) is 53.5. The normalized spacial score (nSPS) is 14.8. The van der Waals surface area contributed by atoms with Gasteiger partial charge in [-0.2, -0.15) is 0 Å². The Hall–Kier alpha value is -1.58. The zero-order valence-electron chi connectivity index (χ0n) is 38.8. The summed E-state index contributed by atoms with van der Waals surface area (Å²) in [7, 11) is -4.42. The Balaban J connectivity index is 4.28. The number of nitrogens with two attached hydrogens (primary N) is 1. The van der Waals surface area contributed by atoms with Crippen LogP contribution in [0.2, 0.25) is 0 Å². The highest BCUT2D eigenvalue weighted by molar-refractivity contribution is 7.47. The molecule has 0 aliphatic rings. The van der Waals surface area contributed by atoms with Crippen LogP contribution in [0.15, 0.2) is 48.6 Å². The summed E-state index contributed by atoms with van der Waals surface area (Å²) in [5.74, 6) is -0.463. The van der Waals surface area contributed by atoms with Gasteiger partial charge in [-0.05, 0) is 64.2 Å². The monoisotopic (exact) mass is 867 g/mol. The quantitative estimate of drug-likeness (QED) is 0.0230. The van der Waals surface area contributed by atoms with Crippen molar-refractivity contribution in [1.82, 2.24) is 5.32 Å². The summed E-state index contributed by atoms with van der Waals surface area (Å²) in [6.45, 7) is 3.96. The van der Waals surface area contributed by atoms with Crippen LogP contribution in [0.25, 0.3) is 0 Å². The van der Waals surface area contributed by atoms with Crippen LogP contribution in [0, 0.1) is 0 Å². The van der Waals surface area contributed by atoms with Gasteiger partial charge in [0.2, 0.25) is 5.91 Å². The SMILES string of the molecule is CCCCCCCCCCC/C=C\C/C=C\CCCCCCCC(O)CC(=O)NC(COP(=O)(O)OCCN)C(O)/C=C/CC/C=C/CCCCCCCCCCCCC. The largest absolute Gasteiger partial charge is 0.472 e. The Morgan fingerprint density at radius 2 is 1.00 bits per heavy atom. The molecule has 0 aromatic heterocycles. The second-order valence-electron chi connectivity index (χ2n) is 16.9. The first kappa shape index (κ1) is 58.4. The fraction of sp³-hybridized carbons (Fsp3) is 0.820. The Morgan fingerprint density at radius 3 is 1.48 bits per heavy atom. The highest BCUT2D eigenvalue weighted by Crippen LogP contribution is 2.43. The van der Waals surface area contributed by atoms with Crippen molar-refractivity contribution in [2.45, 2.75) is 244 Å². The molecule has 0 spiro atoms. The van der Waals surface area contributed by atoms with E-state index in [0.717, 1.165) is 57.8 Å². The first-order chi connectivity index (χ1) is 29.3. The maximum absolute atomic E-state index is 12.9. The molecule has 0 aromatic carbocycles. The smallest absolute Gasteiger partial charge is 0.393 e. The maximum Gasteiger partial charge on any atom is 0.472 e. The molecule has 0 aliphatic carbocycles. The third-order valence-corrected chi connectivity index (χ3v) is 11.9. The minimum Gasteiger partial charge on any atom is -0.393 e. The first-order valence-corrected chi connectivity index (χ1v) is 26.3. The van der Waals surface area contributed by atoms with Crippen LogP contribution in [0.5, 0.6) is 0 Å². The predicted octanol–water partition coefficient (Wildman–Crippen LogP) is 13.4. The van der Waals surface area contributed by atoms with Crippen LogP contribution in [0.3, 0.4) is 0 Å². The summed E-state index contributed by atoms with van der Waals surface area (Å²) < 4.78 is 22.1. The second-order valence-corrected chi connectivity index (χ2v) is 18.3. The summed E-state index contributed by atoms with van der Waals surface area (Å²) in [6, 6.07) is -1.01. The van der Waals surface area contributed by atoms with Crippen molar-refractivity contribution in [2.24, 2.45) is 5.73 Å². The van der Waals surface area contributed by atoms with Crippen LogP contribution >= 0.6 is 7.82 Å². The fourth-order valence-electron chi connectivity index (χ4n) is 7.16. The van der Waals surface area contributed by atoms with E-state index in [-0.39, 0.29) is 19.6 Å². The summed E-state index contributed by atoms with van der Waals surface area (Å²) >= 11 is 0. The van der Waals surface area contributed by atoms with E-state index in [0.29, 0.717) is 12.8 Å². The standard InChI is InChI=1S/C50H95N2O7P/c1-3-5-7-9-11-13-15-17-19-21-22-23-24-26-27-29-31-33-35-37-39-41-47(53)45-50(55)52-48(46-59-60(56,57)58-44-43-51)49(54)42-40-38-36-34-32-30-28-25-20-18-16-14-12-10-8-6-4-2/h22-23,26-27,32,34,40,42,47-49,53-54H,3-21,24-25,28-31,33,35-39,41,43-46,51H2,1-2H3,(H,52,55)(H,56,57)/b23-22-,27-26-,34-32+,42-40+. The Kier molecular flexibility index (Phi) is 44.2. The minimum absolute atomic E-state index is 0.0417. The van der Waals surface area contributed by atoms with E-state index in [9.17, 15) is 24.5 Å². The molecular formula is C50H95N2O7P. The van der Waals surface area contributed by atoms with Gasteiger partial charge in [0.15, 0.2) is 0 Å². The molecule has 4 unspecified atom stereocenters. The van der Waals surface area contributed by atoms with Crippen LogP contribution in [0.4, 0.5) is 0 Å². The molecule has 0 saturated carbocycles. The number of aliphatic hydroxyl groups excluding tert-OH is 2. The van der Waals surface area contributed by atoms with Crippen molar-refractivity contribution < 1.29 is 33.5 Å². The number of unbranched alkanes of at least 4 members (excludes halogenated alkanes) is 26. The Labute approximate surface area is 369 Å². The molecule has 0 heterocycles. The van der Waals surface area contributed by atoms with Gasteiger partial charge in [0, 0.05) is 6.54 Å². The van der Waals surface area contributed by atoms with E-state index in [4.69, 9.17) is 14.8 Å². The van der Waals surface area contributed by atoms with Crippen molar-refractivity contribution in [3.63, 3.8) is 0 Å². The van der Waals surface area contributed by atoms with Crippen LogP contribution in [-0.4, -0.2) is 59.0 Å². The molecule has 352 valence electrons. The van der Waals surface area contributed by atoms with Gasteiger partial charge < -0.3 is 26.2 Å². The second kappa shape index (κ2) is 45.4. The lowest BCUT2D eigenvalue weighted by Crippen LogP contribution is -2.46. The van der Waals surface area contributed by atoms with Gasteiger partial charge >= 0.3 is 7.82 Å². The number of rotatable bonds is 46. The highest BCUT2D eigenvalue weighted by Gasteiger charge is 2.27. The number of carbonyl (C=O) groups is 1. The van der Waals surface area contributed by atoms with Gasteiger partial charge in [0.1, 0.15) is 0 Å². The van der Waals surface area contributed by atoms with Crippen LogP contribution < -0.4 is 11.1 Å². The molecule has 0 radical (unpaired) electrons. The number of nitrogens with one attached hydrogen (secondary N) is 1. The van der Waals surface area contributed by atoms with E-state index in [1.54, 1.807) is 6.08 Å². The van der Waals surface area contributed by atoms with Gasteiger partial charge in [0.05, 0.1) is 37.9 Å².